The van der Waals surface area contributed by atoms with Crippen LogP contribution in [0.1, 0.15) is 19.8 Å². The number of hydrogen-bond acceptors (Lipinski definition) is 5. The number of carbonyl (C=O) groups is 3. The quantitative estimate of drug-likeness (QED) is 0.569. The molecule has 2 heterocycles. The number of rotatable bonds is 7. The number of hydrogen-bond donors (Lipinski definition) is 2. The van der Waals surface area contributed by atoms with Crippen LogP contribution >= 0.6 is 12.4 Å². The van der Waals surface area contributed by atoms with Gasteiger partial charge in [-0.1, -0.05) is 0 Å². The van der Waals surface area contributed by atoms with Crippen LogP contribution in [0, 0.1) is 5.41 Å². The van der Waals surface area contributed by atoms with E-state index in [1.165, 1.54) is 9.80 Å². The Hall–Kier alpha value is -1.38. The Morgan fingerprint density at radius 2 is 1.80 bits per heavy atom. The molecule has 3 amide bonds. The van der Waals surface area contributed by atoms with E-state index in [9.17, 15) is 14.4 Å². The number of piperazine rings is 1. The minimum atomic E-state index is -0.591. The molecule has 2 rings (SSSR count). The summed E-state index contributed by atoms with van der Waals surface area (Å²) in [4.78, 5) is 38.9. The molecule has 2 N–H and O–H groups in total. The van der Waals surface area contributed by atoms with Crippen molar-refractivity contribution < 1.29 is 19.1 Å². The van der Waals surface area contributed by atoms with Crippen LogP contribution in [0.5, 0.6) is 0 Å². The van der Waals surface area contributed by atoms with Gasteiger partial charge in [0, 0.05) is 38.7 Å². The van der Waals surface area contributed by atoms with Gasteiger partial charge in [-0.15, -0.1) is 12.4 Å². The lowest BCUT2D eigenvalue weighted by molar-refractivity contribution is -0.156. The molecule has 2 aliphatic rings. The van der Waals surface area contributed by atoms with Crippen molar-refractivity contribution in [2.45, 2.75) is 19.8 Å². The van der Waals surface area contributed by atoms with E-state index < -0.39 is 11.8 Å². The zero-order valence-electron chi connectivity index (χ0n) is 15.0. The van der Waals surface area contributed by atoms with Gasteiger partial charge in [0.15, 0.2) is 0 Å². The van der Waals surface area contributed by atoms with Crippen LogP contribution in [0.15, 0.2) is 0 Å². The Kier molecular flexibility index (Phi) is 8.61. The first-order valence-corrected chi connectivity index (χ1v) is 8.56. The number of carbonyl (C=O) groups excluding carboxylic acids is 3. The molecule has 8 nitrogen and oxygen atoms in total. The first kappa shape index (κ1) is 21.7. The summed E-state index contributed by atoms with van der Waals surface area (Å²) in [5, 5.41) is 6.23. The molecule has 2 saturated heterocycles. The number of piperidine rings is 1. The van der Waals surface area contributed by atoms with Gasteiger partial charge in [0.05, 0.1) is 6.61 Å². The summed E-state index contributed by atoms with van der Waals surface area (Å²) in [6.07, 6.45) is 1.88. The number of likely N-dealkylation sites (N-methyl/N-ethyl adjacent to an activating group) is 1. The summed E-state index contributed by atoms with van der Waals surface area (Å²) >= 11 is 0. The van der Waals surface area contributed by atoms with Crippen molar-refractivity contribution in [2.75, 3.05) is 59.5 Å². The van der Waals surface area contributed by atoms with Crippen LogP contribution in [-0.2, 0) is 19.1 Å². The maximum absolute atomic E-state index is 12.2. The largest absolute Gasteiger partial charge is 0.384 e. The topological polar surface area (TPSA) is 91.0 Å². The fourth-order valence-corrected chi connectivity index (χ4v) is 3.32. The molecule has 2 aliphatic heterocycles. The fourth-order valence-electron chi connectivity index (χ4n) is 3.32. The second-order valence-corrected chi connectivity index (χ2v) is 6.57. The van der Waals surface area contributed by atoms with E-state index in [4.69, 9.17) is 4.74 Å². The molecule has 0 aliphatic carbocycles. The van der Waals surface area contributed by atoms with E-state index in [1.54, 1.807) is 7.11 Å². The smallest absolute Gasteiger partial charge is 0.312 e. The number of amides is 3. The lowest BCUT2D eigenvalue weighted by Gasteiger charge is -2.37. The van der Waals surface area contributed by atoms with Crippen LogP contribution in [0.3, 0.4) is 0 Å². The van der Waals surface area contributed by atoms with E-state index >= 15 is 0 Å². The van der Waals surface area contributed by atoms with Gasteiger partial charge in [-0.3, -0.25) is 14.4 Å². The van der Waals surface area contributed by atoms with Gasteiger partial charge >= 0.3 is 11.8 Å². The van der Waals surface area contributed by atoms with E-state index in [2.05, 4.69) is 10.6 Å². The maximum Gasteiger partial charge on any atom is 0.312 e. The predicted octanol–water partition coefficient (Wildman–Crippen LogP) is -0.769. The zero-order valence-corrected chi connectivity index (χ0v) is 15.8. The Labute approximate surface area is 155 Å². The van der Waals surface area contributed by atoms with Gasteiger partial charge in [0.1, 0.15) is 6.54 Å². The third-order valence-corrected chi connectivity index (χ3v) is 4.89. The molecule has 0 aromatic rings. The van der Waals surface area contributed by atoms with Crippen molar-refractivity contribution in [2.24, 2.45) is 5.41 Å². The molecule has 2 fully saturated rings. The molecule has 0 saturated carbocycles. The van der Waals surface area contributed by atoms with Gasteiger partial charge in [-0.05, 0) is 32.9 Å². The molecular formula is C16H29ClN4O4. The normalized spacial score (nSPS) is 20.2. The van der Waals surface area contributed by atoms with Crippen LogP contribution in [0.4, 0.5) is 0 Å². The van der Waals surface area contributed by atoms with Crippen molar-refractivity contribution in [1.29, 1.82) is 0 Å². The number of ether oxygens (including phenoxy) is 1. The number of nitrogens with one attached hydrogen (secondary N) is 2. The van der Waals surface area contributed by atoms with E-state index in [-0.39, 0.29) is 30.3 Å². The zero-order chi connectivity index (χ0) is 17.6. The average Bonchev–Trinajstić information content (AvgIpc) is 2.59. The summed E-state index contributed by atoms with van der Waals surface area (Å²) in [5.74, 6) is -1.34. The van der Waals surface area contributed by atoms with Crippen LogP contribution in [0.2, 0.25) is 0 Å². The summed E-state index contributed by atoms with van der Waals surface area (Å²) in [7, 11) is 1.67. The molecule has 0 spiro atoms. The highest BCUT2D eigenvalue weighted by Crippen LogP contribution is 2.28. The van der Waals surface area contributed by atoms with Crippen molar-refractivity contribution in [3.8, 4) is 0 Å². The second-order valence-electron chi connectivity index (χ2n) is 6.57. The lowest BCUT2D eigenvalue weighted by Crippen LogP contribution is -2.56. The van der Waals surface area contributed by atoms with Gasteiger partial charge in [-0.25, -0.2) is 0 Å². The van der Waals surface area contributed by atoms with E-state index in [1.807, 2.05) is 6.92 Å². The monoisotopic (exact) mass is 376 g/mol. The highest BCUT2D eigenvalue weighted by atomic mass is 35.5. The Balaban J connectivity index is 0.00000312. The van der Waals surface area contributed by atoms with Crippen molar-refractivity contribution in [3.05, 3.63) is 0 Å². The first-order chi connectivity index (χ1) is 11.5. The molecule has 0 atom stereocenters. The van der Waals surface area contributed by atoms with Gasteiger partial charge in [-0.2, -0.15) is 0 Å². The highest BCUT2D eigenvalue weighted by Gasteiger charge is 2.34. The fraction of sp³-hybridized carbons (Fsp3) is 0.812. The minimum absolute atomic E-state index is 0. The van der Waals surface area contributed by atoms with E-state index in [0.29, 0.717) is 32.8 Å². The minimum Gasteiger partial charge on any atom is -0.384 e. The van der Waals surface area contributed by atoms with Gasteiger partial charge in [0.2, 0.25) is 5.91 Å². The predicted molar refractivity (Wildman–Crippen MR) is 95.5 cm³/mol. The third-order valence-electron chi connectivity index (χ3n) is 4.89. The summed E-state index contributed by atoms with van der Waals surface area (Å²) < 4.78 is 5.33. The average molecular weight is 377 g/mol. The Bertz CT molecular complexity index is 477. The number of methoxy groups -OCH3 is 1. The summed E-state index contributed by atoms with van der Waals surface area (Å²) in [5.41, 5.74) is -0.0591. The Morgan fingerprint density at radius 1 is 1.20 bits per heavy atom. The van der Waals surface area contributed by atoms with Crippen molar-refractivity contribution in [3.63, 3.8) is 0 Å². The van der Waals surface area contributed by atoms with Crippen LogP contribution in [0.25, 0.3) is 0 Å². The summed E-state index contributed by atoms with van der Waals surface area (Å²) in [6, 6.07) is 0. The summed E-state index contributed by atoms with van der Waals surface area (Å²) in [6.45, 7) is 6.10. The SMILES string of the molecule is CCN1CCN(CC(=O)NCC2(COC)CCNCC2)C(=O)C1=O.Cl. The maximum atomic E-state index is 12.2. The number of halogens is 1. The molecular weight excluding hydrogens is 348 g/mol. The molecule has 25 heavy (non-hydrogen) atoms. The highest BCUT2D eigenvalue weighted by molar-refractivity contribution is 6.35. The molecule has 9 heteroatoms. The molecule has 0 aromatic heterocycles. The van der Waals surface area contributed by atoms with Crippen molar-refractivity contribution >= 4 is 30.1 Å². The molecule has 0 bridgehead atoms. The van der Waals surface area contributed by atoms with Crippen molar-refractivity contribution in [1.82, 2.24) is 20.4 Å². The van der Waals surface area contributed by atoms with Gasteiger partial charge in [0.25, 0.3) is 0 Å². The first-order valence-electron chi connectivity index (χ1n) is 8.56. The Morgan fingerprint density at radius 3 is 2.40 bits per heavy atom. The molecule has 0 unspecified atom stereocenters. The standard InChI is InChI=1S/C16H28N4O4.ClH/c1-3-19-8-9-20(15(23)14(19)22)10-13(21)18-11-16(12-24-2)4-6-17-7-5-16;/h17H,3-12H2,1-2H3,(H,18,21);1H. The lowest BCUT2D eigenvalue weighted by atomic mass is 9.79. The molecule has 0 aromatic carbocycles. The van der Waals surface area contributed by atoms with Gasteiger partial charge < -0.3 is 25.2 Å². The van der Waals surface area contributed by atoms with Crippen LogP contribution < -0.4 is 10.6 Å². The third kappa shape index (κ3) is 5.55. The molecule has 144 valence electrons. The molecule has 0 radical (unpaired) electrons. The second kappa shape index (κ2) is 9.94. The number of nitrogens with zero attached hydrogens (tertiary/aromatic N) is 2. The van der Waals surface area contributed by atoms with Crippen LogP contribution in [-0.4, -0.2) is 87.1 Å². The van der Waals surface area contributed by atoms with E-state index in [0.717, 1.165) is 25.9 Å².